The lowest BCUT2D eigenvalue weighted by atomic mass is 9.85. The SMILES string of the molecule is c1ccc(-c2c3ccccc3c(-c3ccc4c(c3)c3ccccc3c3cc5c6c7c8ccccc8ccc7c7ccccc7c6n(-c6ccccc6)c5cc43)c3ccccc23)cc1. The molecule has 0 radical (unpaired) electrons. The molecule has 13 aromatic carbocycles. The zero-order valence-electron chi connectivity index (χ0n) is 34.3. The Balaban J connectivity index is 1.14. The Morgan fingerprint density at radius 3 is 1.35 bits per heavy atom. The van der Waals surface area contributed by atoms with Crippen LogP contribution in [0.3, 0.4) is 0 Å². The molecule has 1 nitrogen and oxygen atoms in total. The molecule has 0 aliphatic carbocycles. The molecule has 290 valence electrons. The van der Waals surface area contributed by atoms with E-state index in [1.807, 2.05) is 0 Å². The quantitative estimate of drug-likeness (QED) is 0.124. The summed E-state index contributed by atoms with van der Waals surface area (Å²) in [4.78, 5) is 0. The molecule has 0 bridgehead atoms. The third kappa shape index (κ3) is 4.82. The van der Waals surface area contributed by atoms with Gasteiger partial charge >= 0.3 is 0 Å². The van der Waals surface area contributed by atoms with Crippen LogP contribution in [0.25, 0.3) is 136 Å². The molecule has 0 atom stereocenters. The van der Waals surface area contributed by atoms with Crippen LogP contribution in [0.4, 0.5) is 0 Å². The lowest BCUT2D eigenvalue weighted by molar-refractivity contribution is 1.19. The van der Waals surface area contributed by atoms with Crippen LogP contribution >= 0.6 is 0 Å². The smallest absolute Gasteiger partial charge is 0.0626 e. The normalized spacial score (nSPS) is 12.1. The summed E-state index contributed by atoms with van der Waals surface area (Å²) in [6, 6.07) is 83.6. The first-order valence-electron chi connectivity index (χ1n) is 21.9. The van der Waals surface area contributed by atoms with Crippen molar-refractivity contribution in [3.05, 3.63) is 224 Å². The van der Waals surface area contributed by atoms with Crippen molar-refractivity contribution in [2.75, 3.05) is 0 Å². The van der Waals surface area contributed by atoms with Crippen LogP contribution in [0.2, 0.25) is 0 Å². The monoisotopic (exact) mass is 795 g/mol. The van der Waals surface area contributed by atoms with E-state index in [1.54, 1.807) is 0 Å². The van der Waals surface area contributed by atoms with Crippen molar-refractivity contribution >= 4 is 108 Å². The standard InChI is InChI=1S/C62H37N/c1-3-18-39(19-4-1)58-47-26-12-14-28-49(47)59(50-29-15-13-27-48(50)58)40-32-33-46-53(35-40)43-23-9-10-24-44(43)54-36-56-57(37-55(46)54)63(41-20-5-2-6-21-41)62-52-30-16-11-25-45(52)51-34-31-38-17-7-8-22-42(38)60(51)61(56)62/h1-37H. The average Bonchev–Trinajstić information content (AvgIpc) is 3.69. The summed E-state index contributed by atoms with van der Waals surface area (Å²) < 4.78 is 2.54. The van der Waals surface area contributed by atoms with Crippen LogP contribution in [0.5, 0.6) is 0 Å². The van der Waals surface area contributed by atoms with Gasteiger partial charge in [-0.2, -0.15) is 0 Å². The second kappa shape index (κ2) is 13.1. The minimum absolute atomic E-state index is 1.16. The highest BCUT2D eigenvalue weighted by Crippen LogP contribution is 2.49. The predicted molar refractivity (Wildman–Crippen MR) is 272 cm³/mol. The summed E-state index contributed by atoms with van der Waals surface area (Å²) in [6.07, 6.45) is 0. The van der Waals surface area contributed by atoms with Crippen LogP contribution < -0.4 is 0 Å². The maximum Gasteiger partial charge on any atom is 0.0626 e. The van der Waals surface area contributed by atoms with Crippen molar-refractivity contribution in [3.8, 4) is 27.9 Å². The fourth-order valence-electron chi connectivity index (χ4n) is 11.3. The lowest BCUT2D eigenvalue weighted by Gasteiger charge is -2.18. The first-order chi connectivity index (χ1) is 31.3. The minimum Gasteiger partial charge on any atom is -0.309 e. The summed E-state index contributed by atoms with van der Waals surface area (Å²) in [6.45, 7) is 0. The predicted octanol–water partition coefficient (Wildman–Crippen LogP) is 17.3. The van der Waals surface area contributed by atoms with Gasteiger partial charge in [-0.25, -0.2) is 0 Å². The number of benzene rings is 13. The van der Waals surface area contributed by atoms with Crippen LogP contribution in [-0.2, 0) is 0 Å². The van der Waals surface area contributed by atoms with E-state index in [0.29, 0.717) is 0 Å². The molecule has 14 aromatic rings. The second-order valence-electron chi connectivity index (χ2n) is 17.1. The molecule has 0 aliphatic rings. The molecule has 1 heterocycles. The van der Waals surface area contributed by atoms with Gasteiger partial charge in [-0.15, -0.1) is 0 Å². The summed E-state index contributed by atoms with van der Waals surface area (Å²) >= 11 is 0. The van der Waals surface area contributed by atoms with Gasteiger partial charge in [-0.05, 0) is 128 Å². The van der Waals surface area contributed by atoms with Gasteiger partial charge in [0.15, 0.2) is 0 Å². The Hall–Kier alpha value is -8.26. The van der Waals surface area contributed by atoms with Gasteiger partial charge in [-0.3, -0.25) is 0 Å². The molecule has 1 aromatic heterocycles. The third-order valence-corrected chi connectivity index (χ3v) is 13.9. The zero-order valence-corrected chi connectivity index (χ0v) is 34.3. The van der Waals surface area contributed by atoms with E-state index in [-0.39, 0.29) is 0 Å². The van der Waals surface area contributed by atoms with Crippen LogP contribution in [0, 0.1) is 0 Å². The Bertz CT molecular complexity index is 4180. The molecule has 0 amide bonds. The maximum absolute atomic E-state index is 2.54. The van der Waals surface area contributed by atoms with Gasteiger partial charge in [0, 0.05) is 27.2 Å². The van der Waals surface area contributed by atoms with Gasteiger partial charge in [0.2, 0.25) is 0 Å². The fourth-order valence-corrected chi connectivity index (χ4v) is 11.3. The highest BCUT2D eigenvalue weighted by Gasteiger charge is 2.23. The highest BCUT2D eigenvalue weighted by molar-refractivity contribution is 6.39. The Kier molecular flexibility index (Phi) is 7.17. The van der Waals surface area contributed by atoms with E-state index < -0.39 is 0 Å². The first kappa shape index (κ1) is 34.5. The number of aromatic nitrogens is 1. The fraction of sp³-hybridized carbons (Fsp3) is 0. The van der Waals surface area contributed by atoms with E-state index >= 15 is 0 Å². The lowest BCUT2D eigenvalue weighted by Crippen LogP contribution is -1.95. The maximum atomic E-state index is 2.54. The number of hydrogen-bond acceptors (Lipinski definition) is 0. The van der Waals surface area contributed by atoms with E-state index in [2.05, 4.69) is 229 Å². The number of para-hydroxylation sites is 1. The van der Waals surface area contributed by atoms with E-state index in [4.69, 9.17) is 0 Å². The second-order valence-corrected chi connectivity index (χ2v) is 17.1. The molecule has 0 fully saturated rings. The zero-order chi connectivity index (χ0) is 41.2. The van der Waals surface area contributed by atoms with Crippen molar-refractivity contribution in [1.82, 2.24) is 4.57 Å². The number of rotatable bonds is 3. The van der Waals surface area contributed by atoms with Gasteiger partial charge < -0.3 is 4.57 Å². The van der Waals surface area contributed by atoms with Crippen molar-refractivity contribution < 1.29 is 0 Å². The molecule has 0 N–H and O–H groups in total. The third-order valence-electron chi connectivity index (χ3n) is 13.9. The highest BCUT2D eigenvalue weighted by atomic mass is 15.0. The van der Waals surface area contributed by atoms with Gasteiger partial charge in [0.25, 0.3) is 0 Å². The van der Waals surface area contributed by atoms with Crippen LogP contribution in [-0.4, -0.2) is 4.57 Å². The molecule has 63 heavy (non-hydrogen) atoms. The average molecular weight is 796 g/mol. The van der Waals surface area contributed by atoms with Gasteiger partial charge in [0.05, 0.1) is 11.0 Å². The van der Waals surface area contributed by atoms with Gasteiger partial charge in [-0.1, -0.05) is 194 Å². The Labute approximate surface area is 363 Å². The molecule has 0 saturated carbocycles. The van der Waals surface area contributed by atoms with E-state index in [0.717, 1.165) is 5.69 Å². The molecule has 14 rings (SSSR count). The van der Waals surface area contributed by atoms with E-state index in [9.17, 15) is 0 Å². The molecule has 0 spiro atoms. The van der Waals surface area contributed by atoms with Crippen molar-refractivity contribution in [2.24, 2.45) is 0 Å². The number of nitrogens with zero attached hydrogens (tertiary/aromatic N) is 1. The van der Waals surface area contributed by atoms with Crippen molar-refractivity contribution in [2.45, 2.75) is 0 Å². The summed E-state index contributed by atoms with van der Waals surface area (Å²) in [5.41, 5.74) is 8.64. The molecule has 0 unspecified atom stereocenters. The molecule has 1 heteroatoms. The number of fused-ring (bicyclic) bond motifs is 18. The molecular formula is C62H37N. The molecular weight excluding hydrogens is 759 g/mol. The first-order valence-corrected chi connectivity index (χ1v) is 21.9. The van der Waals surface area contributed by atoms with Crippen molar-refractivity contribution in [1.29, 1.82) is 0 Å². The van der Waals surface area contributed by atoms with E-state index in [1.165, 1.54) is 130 Å². The summed E-state index contributed by atoms with van der Waals surface area (Å²) in [5, 5.41) is 22.9. The Morgan fingerprint density at radius 2 is 0.698 bits per heavy atom. The van der Waals surface area contributed by atoms with Crippen molar-refractivity contribution in [3.63, 3.8) is 0 Å². The summed E-state index contributed by atoms with van der Waals surface area (Å²) in [5.74, 6) is 0. The number of hydrogen-bond donors (Lipinski definition) is 0. The minimum atomic E-state index is 1.16. The molecule has 0 aliphatic heterocycles. The largest absolute Gasteiger partial charge is 0.309 e. The topological polar surface area (TPSA) is 4.93 Å². The van der Waals surface area contributed by atoms with Gasteiger partial charge in [0.1, 0.15) is 0 Å². The molecule has 0 saturated heterocycles. The Morgan fingerprint density at radius 1 is 0.238 bits per heavy atom. The van der Waals surface area contributed by atoms with Crippen LogP contribution in [0.15, 0.2) is 224 Å². The van der Waals surface area contributed by atoms with Crippen LogP contribution in [0.1, 0.15) is 0 Å². The summed E-state index contributed by atoms with van der Waals surface area (Å²) in [7, 11) is 0.